The van der Waals surface area contributed by atoms with Gasteiger partial charge in [0.1, 0.15) is 22.9 Å². The Morgan fingerprint density at radius 2 is 0.941 bits per heavy atom. The third-order valence-electron chi connectivity index (χ3n) is 5.14. The normalized spacial score (nSPS) is 11.3. The van der Waals surface area contributed by atoms with Crippen LogP contribution >= 0.6 is 23.2 Å². The summed E-state index contributed by atoms with van der Waals surface area (Å²) in [5.74, 6) is 1.35. The first-order valence-electron chi connectivity index (χ1n) is 10.5. The smallest absolute Gasteiger partial charge is 0.145 e. The van der Waals surface area contributed by atoms with Crippen molar-refractivity contribution in [3.63, 3.8) is 0 Å². The molecule has 0 heterocycles. The number of benzene rings is 4. The van der Waals surface area contributed by atoms with E-state index < -0.39 is 0 Å². The Hall–Kier alpha value is -3.60. The van der Waals surface area contributed by atoms with Crippen molar-refractivity contribution in [2.45, 2.75) is 0 Å². The number of hydrogen-bond acceptors (Lipinski definition) is 4. The second-order valence-electron chi connectivity index (χ2n) is 7.39. The Kier molecular flexibility index (Phi) is 7.63. The lowest BCUT2D eigenvalue weighted by Gasteiger charge is -2.11. The van der Waals surface area contributed by atoms with Crippen molar-refractivity contribution in [2.24, 2.45) is 9.98 Å². The van der Waals surface area contributed by atoms with Crippen LogP contribution in [0.3, 0.4) is 0 Å². The quantitative estimate of drug-likeness (QED) is 0.246. The van der Waals surface area contributed by atoms with Crippen molar-refractivity contribution in [1.29, 1.82) is 0 Å². The standard InChI is InChI=1S/C28H22Cl2N2O2/c1-33-27-15-21(7-13-25(27)31-17-19-3-9-23(29)10-4-19)22-8-14-26(28(16-22)34-2)32-18-20-5-11-24(30)12-6-20/h3-18H,1-2H3. The fraction of sp³-hybridized carbons (Fsp3) is 0.0714. The van der Waals surface area contributed by atoms with E-state index >= 15 is 0 Å². The topological polar surface area (TPSA) is 43.2 Å². The molecule has 0 spiro atoms. The molecule has 0 aliphatic rings. The molecule has 0 saturated heterocycles. The van der Waals surface area contributed by atoms with Gasteiger partial charge in [-0.15, -0.1) is 0 Å². The second-order valence-corrected chi connectivity index (χ2v) is 8.27. The Labute approximate surface area is 209 Å². The highest BCUT2D eigenvalue weighted by Crippen LogP contribution is 2.36. The number of nitrogens with zero attached hydrogens (tertiary/aromatic N) is 2. The van der Waals surface area contributed by atoms with Crippen molar-refractivity contribution in [2.75, 3.05) is 14.2 Å². The van der Waals surface area contributed by atoms with Crippen molar-refractivity contribution in [3.05, 3.63) is 106 Å². The van der Waals surface area contributed by atoms with Crippen LogP contribution in [0.5, 0.6) is 11.5 Å². The highest BCUT2D eigenvalue weighted by atomic mass is 35.5. The summed E-state index contributed by atoms with van der Waals surface area (Å²) < 4.78 is 11.2. The molecule has 4 rings (SSSR count). The first-order valence-corrected chi connectivity index (χ1v) is 11.3. The molecule has 4 nitrogen and oxygen atoms in total. The van der Waals surface area contributed by atoms with Crippen LogP contribution in [0.1, 0.15) is 11.1 Å². The lowest BCUT2D eigenvalue weighted by molar-refractivity contribution is 0.415. The van der Waals surface area contributed by atoms with Gasteiger partial charge in [-0.3, -0.25) is 9.98 Å². The zero-order valence-corrected chi connectivity index (χ0v) is 20.2. The molecule has 0 N–H and O–H groups in total. The van der Waals surface area contributed by atoms with Crippen LogP contribution in [0, 0.1) is 0 Å². The van der Waals surface area contributed by atoms with E-state index in [1.165, 1.54) is 0 Å². The van der Waals surface area contributed by atoms with E-state index in [2.05, 4.69) is 9.98 Å². The predicted octanol–water partition coefficient (Wildman–Crippen LogP) is 8.18. The molecule has 0 fully saturated rings. The molecule has 6 heteroatoms. The van der Waals surface area contributed by atoms with Crippen LogP contribution in [0.2, 0.25) is 10.0 Å². The summed E-state index contributed by atoms with van der Waals surface area (Å²) in [6.07, 6.45) is 3.56. The number of ether oxygens (including phenoxy) is 2. The summed E-state index contributed by atoms with van der Waals surface area (Å²) in [6, 6.07) is 26.8. The molecule has 0 aliphatic heterocycles. The van der Waals surface area contributed by atoms with Gasteiger partial charge in [0.2, 0.25) is 0 Å². The van der Waals surface area contributed by atoms with Gasteiger partial charge in [-0.25, -0.2) is 0 Å². The number of aliphatic imine (C=N–C) groups is 2. The molecular weight excluding hydrogens is 467 g/mol. The fourth-order valence-corrected chi connectivity index (χ4v) is 3.57. The Balaban J connectivity index is 1.58. The maximum atomic E-state index is 5.95. The fourth-order valence-electron chi connectivity index (χ4n) is 3.31. The number of halogens is 2. The summed E-state index contributed by atoms with van der Waals surface area (Å²) in [5.41, 5.74) is 5.34. The second kappa shape index (κ2) is 11.0. The van der Waals surface area contributed by atoms with E-state index in [9.17, 15) is 0 Å². The Morgan fingerprint density at radius 1 is 0.559 bits per heavy atom. The van der Waals surface area contributed by atoms with Gasteiger partial charge >= 0.3 is 0 Å². The van der Waals surface area contributed by atoms with Gasteiger partial charge in [0.05, 0.1) is 14.2 Å². The zero-order chi connectivity index (χ0) is 23.9. The molecule has 0 saturated carbocycles. The third-order valence-corrected chi connectivity index (χ3v) is 5.64. The lowest BCUT2D eigenvalue weighted by atomic mass is 10.0. The Morgan fingerprint density at radius 3 is 1.29 bits per heavy atom. The minimum Gasteiger partial charge on any atom is -0.494 e. The van der Waals surface area contributed by atoms with Crippen LogP contribution in [0.4, 0.5) is 11.4 Å². The van der Waals surface area contributed by atoms with Gasteiger partial charge in [-0.1, -0.05) is 59.6 Å². The van der Waals surface area contributed by atoms with Gasteiger partial charge < -0.3 is 9.47 Å². The van der Waals surface area contributed by atoms with E-state index in [1.807, 2.05) is 84.9 Å². The van der Waals surface area contributed by atoms with Gasteiger partial charge in [0, 0.05) is 22.5 Å². The van der Waals surface area contributed by atoms with Crippen LogP contribution in [0.15, 0.2) is 94.9 Å². The summed E-state index contributed by atoms with van der Waals surface area (Å²) >= 11 is 11.9. The first-order chi connectivity index (χ1) is 16.6. The predicted molar refractivity (Wildman–Crippen MR) is 142 cm³/mol. The summed E-state index contributed by atoms with van der Waals surface area (Å²) in [5, 5.41) is 1.38. The first kappa shape index (κ1) is 23.6. The van der Waals surface area contributed by atoms with E-state index in [0.717, 1.165) is 33.6 Å². The number of hydrogen-bond donors (Lipinski definition) is 0. The van der Waals surface area contributed by atoms with E-state index in [1.54, 1.807) is 26.6 Å². The molecule has 0 aliphatic carbocycles. The molecule has 0 aromatic heterocycles. The van der Waals surface area contributed by atoms with Gasteiger partial charge in [-0.05, 0) is 70.8 Å². The molecule has 0 bridgehead atoms. The van der Waals surface area contributed by atoms with Crippen molar-refractivity contribution >= 4 is 47.0 Å². The Bertz CT molecular complexity index is 1230. The molecule has 0 unspecified atom stereocenters. The van der Waals surface area contributed by atoms with Gasteiger partial charge in [0.15, 0.2) is 0 Å². The molecule has 4 aromatic carbocycles. The summed E-state index contributed by atoms with van der Waals surface area (Å²) in [6.45, 7) is 0. The monoisotopic (exact) mass is 488 g/mol. The summed E-state index contributed by atoms with van der Waals surface area (Å²) in [7, 11) is 3.27. The van der Waals surface area contributed by atoms with Crippen molar-refractivity contribution in [1.82, 2.24) is 0 Å². The van der Waals surface area contributed by atoms with Crippen molar-refractivity contribution in [3.8, 4) is 22.6 Å². The average Bonchev–Trinajstić information content (AvgIpc) is 2.88. The van der Waals surface area contributed by atoms with Crippen molar-refractivity contribution < 1.29 is 9.47 Å². The van der Waals surface area contributed by atoms with E-state index in [4.69, 9.17) is 32.7 Å². The largest absolute Gasteiger partial charge is 0.494 e. The van der Waals surface area contributed by atoms with Gasteiger partial charge in [0.25, 0.3) is 0 Å². The highest BCUT2D eigenvalue weighted by molar-refractivity contribution is 6.30. The highest BCUT2D eigenvalue weighted by Gasteiger charge is 2.09. The minimum absolute atomic E-state index is 0.673. The molecule has 34 heavy (non-hydrogen) atoms. The van der Waals surface area contributed by atoms with Crippen LogP contribution < -0.4 is 9.47 Å². The maximum Gasteiger partial charge on any atom is 0.145 e. The lowest BCUT2D eigenvalue weighted by Crippen LogP contribution is -1.89. The van der Waals surface area contributed by atoms with E-state index in [0.29, 0.717) is 21.5 Å². The van der Waals surface area contributed by atoms with Crippen LogP contribution in [-0.4, -0.2) is 26.6 Å². The van der Waals surface area contributed by atoms with Crippen LogP contribution in [-0.2, 0) is 0 Å². The van der Waals surface area contributed by atoms with E-state index in [-0.39, 0.29) is 0 Å². The SMILES string of the molecule is COc1cc(-c2ccc(N=Cc3ccc(Cl)cc3)c(OC)c2)ccc1N=Cc1ccc(Cl)cc1. The summed E-state index contributed by atoms with van der Waals surface area (Å²) in [4.78, 5) is 9.15. The molecule has 170 valence electrons. The third kappa shape index (κ3) is 5.84. The van der Waals surface area contributed by atoms with Gasteiger partial charge in [-0.2, -0.15) is 0 Å². The average molecular weight is 489 g/mol. The number of methoxy groups -OCH3 is 2. The molecular formula is C28H22Cl2N2O2. The molecule has 0 atom stereocenters. The molecule has 0 amide bonds. The molecule has 4 aromatic rings. The van der Waals surface area contributed by atoms with Crippen LogP contribution in [0.25, 0.3) is 11.1 Å². The maximum absolute atomic E-state index is 5.95. The number of rotatable bonds is 7. The zero-order valence-electron chi connectivity index (χ0n) is 18.7. The minimum atomic E-state index is 0.673. The molecule has 0 radical (unpaired) electrons.